The average molecular weight is 302 g/mol. The van der Waals surface area contributed by atoms with Crippen molar-refractivity contribution in [2.45, 2.75) is 37.6 Å². The zero-order chi connectivity index (χ0) is 13.9. The van der Waals surface area contributed by atoms with Crippen LogP contribution in [0.3, 0.4) is 0 Å². The van der Waals surface area contributed by atoms with Crippen LogP contribution in [0, 0.1) is 0 Å². The number of nitrogens with one attached hydrogen (secondary N) is 1. The molecule has 0 aromatic heterocycles. The standard InChI is InChI=1S/C14H17Cl2NO2/c15-9-14(6-2-1-3-7-14)17-13(19)10-4-5-12(18)11(16)8-10/h4-5,8,18H,1-3,6-7,9H2,(H,17,19). The third-order valence-electron chi connectivity index (χ3n) is 3.66. The van der Waals surface area contributed by atoms with Crippen LogP contribution in [-0.4, -0.2) is 22.4 Å². The van der Waals surface area contributed by atoms with E-state index in [4.69, 9.17) is 23.2 Å². The van der Waals surface area contributed by atoms with E-state index >= 15 is 0 Å². The molecule has 19 heavy (non-hydrogen) atoms. The summed E-state index contributed by atoms with van der Waals surface area (Å²) in [5, 5.41) is 12.6. The molecule has 2 rings (SSSR count). The Morgan fingerprint density at radius 2 is 2.00 bits per heavy atom. The Labute approximate surface area is 122 Å². The number of rotatable bonds is 3. The summed E-state index contributed by atoms with van der Waals surface area (Å²) in [6, 6.07) is 4.45. The summed E-state index contributed by atoms with van der Waals surface area (Å²) in [6.45, 7) is 0. The van der Waals surface area contributed by atoms with E-state index in [2.05, 4.69) is 5.32 Å². The highest BCUT2D eigenvalue weighted by Gasteiger charge is 2.32. The van der Waals surface area contributed by atoms with Gasteiger partial charge in [0.25, 0.3) is 5.91 Å². The van der Waals surface area contributed by atoms with Gasteiger partial charge in [-0.3, -0.25) is 4.79 Å². The molecule has 2 N–H and O–H groups in total. The predicted octanol–water partition coefficient (Wildman–Crippen LogP) is 3.72. The van der Waals surface area contributed by atoms with Crippen LogP contribution in [0.5, 0.6) is 5.75 Å². The van der Waals surface area contributed by atoms with Gasteiger partial charge in [0.15, 0.2) is 0 Å². The third kappa shape index (κ3) is 3.34. The number of aromatic hydroxyl groups is 1. The maximum atomic E-state index is 12.2. The lowest BCUT2D eigenvalue weighted by atomic mass is 9.83. The van der Waals surface area contributed by atoms with E-state index in [1.165, 1.54) is 18.6 Å². The summed E-state index contributed by atoms with van der Waals surface area (Å²) >= 11 is 11.9. The van der Waals surface area contributed by atoms with Gasteiger partial charge in [-0.2, -0.15) is 0 Å². The minimum atomic E-state index is -0.304. The van der Waals surface area contributed by atoms with Crippen molar-refractivity contribution in [2.24, 2.45) is 0 Å². The number of hydrogen-bond acceptors (Lipinski definition) is 2. The van der Waals surface area contributed by atoms with E-state index in [9.17, 15) is 9.90 Å². The summed E-state index contributed by atoms with van der Waals surface area (Å²) in [5.41, 5.74) is 0.138. The van der Waals surface area contributed by atoms with Crippen molar-refractivity contribution < 1.29 is 9.90 Å². The molecule has 1 saturated carbocycles. The van der Waals surface area contributed by atoms with E-state index < -0.39 is 0 Å². The van der Waals surface area contributed by atoms with Crippen molar-refractivity contribution in [3.63, 3.8) is 0 Å². The van der Waals surface area contributed by atoms with Crippen molar-refractivity contribution in [1.29, 1.82) is 0 Å². The van der Waals surface area contributed by atoms with Crippen LogP contribution in [-0.2, 0) is 0 Å². The van der Waals surface area contributed by atoms with Crippen LogP contribution < -0.4 is 5.32 Å². The van der Waals surface area contributed by atoms with Gasteiger partial charge in [0.1, 0.15) is 5.75 Å². The number of carbonyl (C=O) groups excluding carboxylic acids is 1. The quantitative estimate of drug-likeness (QED) is 0.836. The SMILES string of the molecule is O=C(NC1(CCl)CCCCC1)c1ccc(O)c(Cl)c1. The lowest BCUT2D eigenvalue weighted by molar-refractivity contribution is 0.0885. The molecule has 0 saturated heterocycles. The molecule has 3 nitrogen and oxygen atoms in total. The van der Waals surface area contributed by atoms with Gasteiger partial charge >= 0.3 is 0 Å². The van der Waals surface area contributed by atoms with E-state index in [-0.39, 0.29) is 22.2 Å². The van der Waals surface area contributed by atoms with Crippen molar-refractivity contribution >= 4 is 29.1 Å². The van der Waals surface area contributed by atoms with Gasteiger partial charge in [-0.1, -0.05) is 30.9 Å². The molecule has 1 aliphatic rings. The van der Waals surface area contributed by atoms with E-state index in [0.29, 0.717) is 11.4 Å². The van der Waals surface area contributed by atoms with Crippen molar-refractivity contribution in [1.82, 2.24) is 5.32 Å². The number of hydrogen-bond donors (Lipinski definition) is 2. The van der Waals surface area contributed by atoms with Crippen LogP contribution in [0.15, 0.2) is 18.2 Å². The number of carbonyl (C=O) groups is 1. The number of phenolic OH excluding ortho intramolecular Hbond substituents is 1. The molecule has 1 aromatic carbocycles. The average Bonchev–Trinajstić information content (AvgIpc) is 2.43. The van der Waals surface area contributed by atoms with Crippen LogP contribution in [0.1, 0.15) is 42.5 Å². The first-order chi connectivity index (χ1) is 9.06. The molecule has 0 unspecified atom stereocenters. The highest BCUT2D eigenvalue weighted by molar-refractivity contribution is 6.32. The molecule has 0 radical (unpaired) electrons. The molecule has 1 fully saturated rings. The Morgan fingerprint density at radius 1 is 1.32 bits per heavy atom. The van der Waals surface area contributed by atoms with Gasteiger partial charge in [0, 0.05) is 11.4 Å². The second kappa shape index (κ2) is 6.02. The first kappa shape index (κ1) is 14.5. The van der Waals surface area contributed by atoms with Crippen molar-refractivity contribution in [3.05, 3.63) is 28.8 Å². The molecular formula is C14H17Cl2NO2. The molecule has 0 bridgehead atoms. The molecule has 104 valence electrons. The number of amides is 1. The lowest BCUT2D eigenvalue weighted by Gasteiger charge is -2.36. The normalized spacial score (nSPS) is 18.0. The number of benzene rings is 1. The lowest BCUT2D eigenvalue weighted by Crippen LogP contribution is -2.51. The zero-order valence-corrected chi connectivity index (χ0v) is 12.1. The maximum Gasteiger partial charge on any atom is 0.251 e. The zero-order valence-electron chi connectivity index (χ0n) is 10.6. The maximum absolute atomic E-state index is 12.2. The van der Waals surface area contributed by atoms with Gasteiger partial charge in [-0.25, -0.2) is 0 Å². The fourth-order valence-corrected chi connectivity index (χ4v) is 3.00. The fraction of sp³-hybridized carbons (Fsp3) is 0.500. The number of phenols is 1. The highest BCUT2D eigenvalue weighted by atomic mass is 35.5. The Morgan fingerprint density at radius 3 is 2.58 bits per heavy atom. The van der Waals surface area contributed by atoms with Gasteiger partial charge in [0.2, 0.25) is 0 Å². The minimum Gasteiger partial charge on any atom is -0.506 e. The monoisotopic (exact) mass is 301 g/mol. The third-order valence-corrected chi connectivity index (χ3v) is 4.47. The first-order valence-corrected chi connectivity index (χ1v) is 7.35. The summed E-state index contributed by atoms with van der Waals surface area (Å²) in [4.78, 5) is 12.2. The molecule has 0 heterocycles. The van der Waals surface area contributed by atoms with Crippen molar-refractivity contribution in [3.8, 4) is 5.75 Å². The fourth-order valence-electron chi connectivity index (χ4n) is 2.48. The molecule has 1 aliphatic carbocycles. The summed E-state index contributed by atoms with van der Waals surface area (Å²) < 4.78 is 0. The Hall–Kier alpha value is -0.930. The second-order valence-electron chi connectivity index (χ2n) is 5.09. The van der Waals surface area contributed by atoms with E-state index in [1.54, 1.807) is 6.07 Å². The minimum absolute atomic E-state index is 0.0251. The molecule has 1 amide bonds. The molecule has 0 spiro atoms. The Kier molecular flexibility index (Phi) is 4.58. The van der Waals surface area contributed by atoms with Gasteiger partial charge in [-0.05, 0) is 31.0 Å². The smallest absolute Gasteiger partial charge is 0.251 e. The molecular weight excluding hydrogens is 285 g/mol. The molecule has 5 heteroatoms. The van der Waals surface area contributed by atoms with Crippen LogP contribution >= 0.6 is 23.2 Å². The molecule has 1 aromatic rings. The first-order valence-electron chi connectivity index (χ1n) is 6.43. The van der Waals surface area contributed by atoms with Crippen LogP contribution in [0.25, 0.3) is 0 Å². The molecule has 0 atom stereocenters. The molecule has 0 aliphatic heterocycles. The van der Waals surface area contributed by atoms with E-state index in [0.717, 1.165) is 25.7 Å². The number of halogens is 2. The Balaban J connectivity index is 2.12. The van der Waals surface area contributed by atoms with Crippen molar-refractivity contribution in [2.75, 3.05) is 5.88 Å². The number of alkyl halides is 1. The summed E-state index contributed by atoms with van der Waals surface area (Å²) in [7, 11) is 0. The van der Waals surface area contributed by atoms with Gasteiger partial charge < -0.3 is 10.4 Å². The van der Waals surface area contributed by atoms with Crippen LogP contribution in [0.4, 0.5) is 0 Å². The largest absolute Gasteiger partial charge is 0.506 e. The van der Waals surface area contributed by atoms with Gasteiger partial charge in [0.05, 0.1) is 10.6 Å². The summed E-state index contributed by atoms with van der Waals surface area (Å²) in [5.74, 6) is 0.206. The topological polar surface area (TPSA) is 49.3 Å². The second-order valence-corrected chi connectivity index (χ2v) is 5.77. The summed E-state index contributed by atoms with van der Waals surface area (Å²) in [6.07, 6.45) is 5.19. The predicted molar refractivity (Wildman–Crippen MR) is 77.1 cm³/mol. The van der Waals surface area contributed by atoms with Gasteiger partial charge in [-0.15, -0.1) is 11.6 Å². The van der Waals surface area contributed by atoms with Crippen LogP contribution in [0.2, 0.25) is 5.02 Å². The van der Waals surface area contributed by atoms with E-state index in [1.807, 2.05) is 0 Å². The Bertz CT molecular complexity index is 471. The highest BCUT2D eigenvalue weighted by Crippen LogP contribution is 2.30.